The lowest BCUT2D eigenvalue weighted by atomic mass is 9.95. The largest absolute Gasteiger partial charge is 0.336 e. The molecule has 9 heteroatoms. The van der Waals surface area contributed by atoms with E-state index in [-0.39, 0.29) is 12.1 Å². The lowest BCUT2D eigenvalue weighted by Gasteiger charge is -2.34. The molecular weight excluding hydrogens is 388 g/mol. The fourth-order valence-corrected chi connectivity index (χ4v) is 3.89. The molecule has 3 rings (SSSR count). The van der Waals surface area contributed by atoms with Gasteiger partial charge in [-0.05, 0) is 37.1 Å². The van der Waals surface area contributed by atoms with Crippen molar-refractivity contribution in [1.82, 2.24) is 15.4 Å². The van der Waals surface area contributed by atoms with Gasteiger partial charge in [0.2, 0.25) is 10.0 Å². The van der Waals surface area contributed by atoms with Crippen molar-refractivity contribution in [2.45, 2.75) is 31.2 Å². The summed E-state index contributed by atoms with van der Waals surface area (Å²) in [5.74, 6) is -1.33. The highest BCUT2D eigenvalue weighted by molar-refractivity contribution is 7.90. The number of carbonyl (C=O) groups is 1. The first-order valence-corrected chi connectivity index (χ1v) is 10.3. The summed E-state index contributed by atoms with van der Waals surface area (Å²) in [5.41, 5.74) is 1.46. The molecule has 1 heterocycles. The van der Waals surface area contributed by atoms with Crippen molar-refractivity contribution in [1.29, 1.82) is 0 Å². The van der Waals surface area contributed by atoms with Gasteiger partial charge in [0, 0.05) is 18.2 Å². The number of urea groups is 1. The Morgan fingerprint density at radius 3 is 2.39 bits per heavy atom. The van der Waals surface area contributed by atoms with Crippen LogP contribution >= 0.6 is 0 Å². The molecule has 0 aromatic heterocycles. The van der Waals surface area contributed by atoms with E-state index < -0.39 is 45.0 Å². The first kappa shape index (κ1) is 20.2. The molecule has 1 fully saturated rings. The van der Waals surface area contributed by atoms with E-state index in [0.717, 1.165) is 6.07 Å². The summed E-state index contributed by atoms with van der Waals surface area (Å²) < 4.78 is 54.2. The van der Waals surface area contributed by atoms with Crippen molar-refractivity contribution in [2.24, 2.45) is 0 Å². The summed E-state index contributed by atoms with van der Waals surface area (Å²) in [6.07, 6.45) is 0. The maximum atomic E-state index is 14.0. The highest BCUT2D eigenvalue weighted by Crippen LogP contribution is 2.27. The molecule has 2 atom stereocenters. The van der Waals surface area contributed by atoms with E-state index in [9.17, 15) is 22.0 Å². The van der Waals surface area contributed by atoms with Crippen molar-refractivity contribution >= 4 is 16.1 Å². The second-order valence-corrected chi connectivity index (χ2v) is 9.16. The van der Waals surface area contributed by atoms with E-state index in [2.05, 4.69) is 15.4 Å². The van der Waals surface area contributed by atoms with E-state index in [1.807, 2.05) is 0 Å². The molecule has 2 aromatic rings. The number of halogens is 2. The van der Waals surface area contributed by atoms with Crippen molar-refractivity contribution < 1.29 is 22.0 Å². The minimum atomic E-state index is -3.54. The first-order chi connectivity index (χ1) is 13.2. The smallest absolute Gasteiger partial charge is 0.315 e. The Morgan fingerprint density at radius 1 is 1.11 bits per heavy atom. The van der Waals surface area contributed by atoms with E-state index in [4.69, 9.17) is 0 Å². The van der Waals surface area contributed by atoms with Crippen LogP contribution < -0.4 is 15.4 Å². The van der Waals surface area contributed by atoms with Gasteiger partial charge in [0.15, 0.2) is 0 Å². The quantitative estimate of drug-likeness (QED) is 0.710. The minimum absolute atomic E-state index is 0.136. The topological polar surface area (TPSA) is 87.3 Å². The van der Waals surface area contributed by atoms with Gasteiger partial charge >= 0.3 is 6.03 Å². The zero-order chi connectivity index (χ0) is 20.5. The second-order valence-electron chi connectivity index (χ2n) is 6.90. The van der Waals surface area contributed by atoms with E-state index in [1.165, 1.54) is 12.1 Å². The van der Waals surface area contributed by atoms with E-state index in [1.54, 1.807) is 38.1 Å². The molecule has 6 nitrogen and oxygen atoms in total. The molecule has 3 N–H and O–H groups in total. The summed E-state index contributed by atoms with van der Waals surface area (Å²) in [7, 11) is -3.54. The van der Waals surface area contributed by atoms with Crippen LogP contribution in [-0.4, -0.2) is 32.3 Å². The second kappa shape index (κ2) is 7.84. The number of hydrogen-bond donors (Lipinski definition) is 3. The number of hydrogen-bond acceptors (Lipinski definition) is 3. The average molecular weight is 409 g/mol. The Labute approximate surface area is 162 Å². The van der Waals surface area contributed by atoms with Gasteiger partial charge in [-0.3, -0.25) is 0 Å². The Bertz CT molecular complexity index is 978. The molecule has 1 saturated heterocycles. The van der Waals surface area contributed by atoms with Gasteiger partial charge in [-0.15, -0.1) is 0 Å². The Morgan fingerprint density at radius 2 is 1.79 bits per heavy atom. The molecule has 1 aliphatic heterocycles. The molecule has 28 heavy (non-hydrogen) atoms. The Hall–Kier alpha value is -2.52. The molecule has 0 aliphatic carbocycles. The number of benzene rings is 2. The van der Waals surface area contributed by atoms with Gasteiger partial charge in [-0.25, -0.2) is 26.7 Å². The van der Waals surface area contributed by atoms with Crippen molar-refractivity contribution in [3.05, 3.63) is 59.7 Å². The number of sulfonamides is 1. The Kier molecular flexibility index (Phi) is 5.66. The van der Waals surface area contributed by atoms with Crippen LogP contribution in [0, 0.1) is 11.6 Å². The van der Waals surface area contributed by atoms with Crippen LogP contribution in [0.4, 0.5) is 13.6 Å². The predicted octanol–water partition coefficient (Wildman–Crippen LogP) is 2.68. The molecule has 2 unspecified atom stereocenters. The highest BCUT2D eigenvalue weighted by atomic mass is 32.2. The van der Waals surface area contributed by atoms with Gasteiger partial charge in [-0.1, -0.05) is 24.3 Å². The van der Waals surface area contributed by atoms with Crippen LogP contribution in [0.3, 0.4) is 0 Å². The number of amides is 2. The molecule has 0 radical (unpaired) electrons. The van der Waals surface area contributed by atoms with E-state index in [0.29, 0.717) is 11.1 Å². The molecule has 0 bridgehead atoms. The lowest BCUT2D eigenvalue weighted by molar-refractivity contribution is 0.222. The van der Waals surface area contributed by atoms with Gasteiger partial charge in [0.25, 0.3) is 0 Å². The van der Waals surface area contributed by atoms with Gasteiger partial charge in [0.1, 0.15) is 11.6 Å². The van der Waals surface area contributed by atoms with Crippen LogP contribution in [-0.2, 0) is 10.0 Å². The zero-order valence-electron chi connectivity index (χ0n) is 15.4. The summed E-state index contributed by atoms with van der Waals surface area (Å²) in [6.45, 7) is 3.27. The molecule has 2 amide bonds. The first-order valence-electron chi connectivity index (χ1n) is 8.78. The number of rotatable bonds is 5. The normalized spacial score (nSPS) is 20.0. The van der Waals surface area contributed by atoms with Crippen molar-refractivity contribution in [3.8, 4) is 11.1 Å². The van der Waals surface area contributed by atoms with Crippen LogP contribution in [0.25, 0.3) is 11.1 Å². The highest BCUT2D eigenvalue weighted by Gasteiger charge is 2.33. The van der Waals surface area contributed by atoms with Gasteiger partial charge in [0.05, 0.1) is 17.3 Å². The molecule has 0 saturated carbocycles. The third-order valence-corrected chi connectivity index (χ3v) is 6.49. The van der Waals surface area contributed by atoms with Crippen LogP contribution in [0.5, 0.6) is 0 Å². The van der Waals surface area contributed by atoms with E-state index >= 15 is 0 Å². The average Bonchev–Trinajstić information content (AvgIpc) is 2.63. The number of carbonyl (C=O) groups excluding carboxylic acids is 1. The maximum Gasteiger partial charge on any atom is 0.315 e. The summed E-state index contributed by atoms with van der Waals surface area (Å²) in [6, 6.07) is 8.43. The third kappa shape index (κ3) is 4.31. The molecule has 2 aromatic carbocycles. The van der Waals surface area contributed by atoms with Gasteiger partial charge < -0.3 is 10.6 Å². The molecular formula is C19H21F2N3O3S. The fourth-order valence-electron chi connectivity index (χ4n) is 2.98. The standard InChI is InChI=1S/C19H21F2N3O3S/c1-11(2)28(26,27)24-17-10-22-19(25)23-18(17)13-5-3-12(4-6-13)15-8-7-14(20)9-16(15)21/h3-9,11,17-18,24H,10H2,1-2H3,(H2,22,23,25). The van der Waals surface area contributed by atoms with Crippen molar-refractivity contribution in [2.75, 3.05) is 6.54 Å². The van der Waals surface area contributed by atoms with Crippen LogP contribution in [0.1, 0.15) is 25.5 Å². The number of nitrogens with one attached hydrogen (secondary N) is 3. The fraction of sp³-hybridized carbons (Fsp3) is 0.316. The molecule has 1 aliphatic rings. The zero-order valence-corrected chi connectivity index (χ0v) is 16.2. The maximum absolute atomic E-state index is 14.0. The summed E-state index contributed by atoms with van der Waals surface area (Å²) in [5, 5.41) is 4.69. The Balaban J connectivity index is 1.88. The summed E-state index contributed by atoms with van der Waals surface area (Å²) >= 11 is 0. The van der Waals surface area contributed by atoms with Gasteiger partial charge in [-0.2, -0.15) is 0 Å². The van der Waals surface area contributed by atoms with Crippen molar-refractivity contribution in [3.63, 3.8) is 0 Å². The molecule has 0 spiro atoms. The monoisotopic (exact) mass is 409 g/mol. The predicted molar refractivity (Wildman–Crippen MR) is 102 cm³/mol. The lowest BCUT2D eigenvalue weighted by Crippen LogP contribution is -2.59. The third-order valence-electron chi connectivity index (χ3n) is 4.62. The minimum Gasteiger partial charge on any atom is -0.336 e. The van der Waals surface area contributed by atoms with Crippen LogP contribution in [0.2, 0.25) is 0 Å². The van der Waals surface area contributed by atoms with Crippen LogP contribution in [0.15, 0.2) is 42.5 Å². The summed E-state index contributed by atoms with van der Waals surface area (Å²) in [4.78, 5) is 11.8. The SMILES string of the molecule is CC(C)S(=O)(=O)NC1CNC(=O)NC1c1ccc(-c2ccc(F)cc2F)cc1. The molecule has 150 valence electrons.